The summed E-state index contributed by atoms with van der Waals surface area (Å²) in [6.45, 7) is 4.55. The number of hydrogen-bond donors (Lipinski definition) is 5. The second-order valence-corrected chi connectivity index (χ2v) is 6.27. The number of carbonyl (C=O) groups excluding carboxylic acids is 3. The van der Waals surface area contributed by atoms with Crippen molar-refractivity contribution in [1.82, 2.24) is 15.5 Å². The highest BCUT2D eigenvalue weighted by Crippen LogP contribution is 2.19. The smallest absolute Gasteiger partial charge is 0.328 e. The molecule has 0 aromatic rings. The Kier molecular flexibility index (Phi) is 7.31. The number of rotatable bonds is 7. The molecule has 6 N–H and O–H groups in total. The number of aliphatic hydroxyl groups is 1. The van der Waals surface area contributed by atoms with Gasteiger partial charge in [-0.3, -0.25) is 14.4 Å². The summed E-state index contributed by atoms with van der Waals surface area (Å²) in [5.41, 5.74) is 5.44. The molecule has 142 valence electrons. The van der Waals surface area contributed by atoms with Gasteiger partial charge in [-0.15, -0.1) is 0 Å². The molecule has 1 fully saturated rings. The lowest BCUT2D eigenvalue weighted by atomic mass is 10.1. The van der Waals surface area contributed by atoms with Crippen LogP contribution >= 0.6 is 0 Å². The van der Waals surface area contributed by atoms with E-state index in [-0.39, 0.29) is 0 Å². The fraction of sp³-hybridized carbons (Fsp3) is 0.733. The highest BCUT2D eigenvalue weighted by molar-refractivity contribution is 5.94. The summed E-state index contributed by atoms with van der Waals surface area (Å²) in [5, 5.41) is 23.2. The second kappa shape index (κ2) is 8.77. The monoisotopic (exact) mass is 358 g/mol. The van der Waals surface area contributed by atoms with Gasteiger partial charge in [-0.25, -0.2) is 4.79 Å². The molecule has 1 saturated heterocycles. The van der Waals surface area contributed by atoms with Crippen LogP contribution in [0.15, 0.2) is 0 Å². The molecule has 10 nitrogen and oxygen atoms in total. The molecule has 0 aliphatic carbocycles. The fourth-order valence-corrected chi connectivity index (χ4v) is 2.60. The van der Waals surface area contributed by atoms with Crippen molar-refractivity contribution >= 4 is 23.7 Å². The molecule has 3 amide bonds. The zero-order valence-electron chi connectivity index (χ0n) is 14.6. The summed E-state index contributed by atoms with van der Waals surface area (Å²) >= 11 is 0. The Bertz CT molecular complexity index is 536. The molecular weight excluding hydrogens is 332 g/mol. The molecule has 0 aromatic carbocycles. The maximum absolute atomic E-state index is 12.5. The number of amides is 3. The number of aliphatic carboxylic acids is 1. The van der Waals surface area contributed by atoms with Crippen molar-refractivity contribution < 1.29 is 29.4 Å². The van der Waals surface area contributed by atoms with Crippen molar-refractivity contribution in [3.63, 3.8) is 0 Å². The Morgan fingerprint density at radius 3 is 2.24 bits per heavy atom. The van der Waals surface area contributed by atoms with E-state index in [1.807, 2.05) is 0 Å². The Labute approximate surface area is 145 Å². The van der Waals surface area contributed by atoms with Crippen LogP contribution in [-0.4, -0.2) is 75.6 Å². The minimum atomic E-state index is -1.46. The lowest BCUT2D eigenvalue weighted by Crippen LogP contribution is -2.57. The first kappa shape index (κ1) is 20.8. The van der Waals surface area contributed by atoms with Gasteiger partial charge in [-0.05, 0) is 33.6 Å². The third-order valence-corrected chi connectivity index (χ3v) is 4.03. The summed E-state index contributed by atoms with van der Waals surface area (Å²) in [7, 11) is 0. The van der Waals surface area contributed by atoms with E-state index in [9.17, 15) is 24.3 Å². The third-order valence-electron chi connectivity index (χ3n) is 4.03. The van der Waals surface area contributed by atoms with E-state index in [1.54, 1.807) is 0 Å². The van der Waals surface area contributed by atoms with Crippen LogP contribution in [0.1, 0.15) is 33.6 Å². The van der Waals surface area contributed by atoms with Crippen LogP contribution < -0.4 is 16.4 Å². The van der Waals surface area contributed by atoms with Gasteiger partial charge in [0.05, 0.1) is 12.1 Å². The predicted octanol–water partition coefficient (Wildman–Crippen LogP) is -2.22. The standard InChI is InChI=1S/C15H26N4O6/c1-7(16)12(21)17-8(2)14(23)19-6-4-5-10(19)13(22)18-11(9(3)20)15(24)25/h7-11,20H,4-6,16H2,1-3H3,(H,17,21)(H,18,22)(H,24,25). The van der Waals surface area contributed by atoms with Crippen molar-refractivity contribution in [3.8, 4) is 0 Å². The number of hydrogen-bond acceptors (Lipinski definition) is 6. The summed E-state index contributed by atoms with van der Waals surface area (Å²) in [5.74, 6) is -2.95. The van der Waals surface area contributed by atoms with E-state index in [0.717, 1.165) is 0 Å². The zero-order chi connectivity index (χ0) is 19.3. The quantitative estimate of drug-likeness (QED) is 0.344. The van der Waals surface area contributed by atoms with Gasteiger partial charge in [0, 0.05) is 6.54 Å². The normalized spacial score (nSPS) is 21.8. The van der Waals surface area contributed by atoms with E-state index in [0.29, 0.717) is 19.4 Å². The molecule has 0 aromatic heterocycles. The van der Waals surface area contributed by atoms with Crippen LogP contribution in [0.25, 0.3) is 0 Å². The number of carboxylic acids is 1. The van der Waals surface area contributed by atoms with Crippen molar-refractivity contribution in [1.29, 1.82) is 0 Å². The van der Waals surface area contributed by atoms with Gasteiger partial charge in [-0.2, -0.15) is 0 Å². The summed E-state index contributed by atoms with van der Waals surface area (Å²) in [6.07, 6.45) is -0.335. The zero-order valence-corrected chi connectivity index (χ0v) is 14.6. The van der Waals surface area contributed by atoms with E-state index in [1.165, 1.54) is 25.7 Å². The Morgan fingerprint density at radius 1 is 1.16 bits per heavy atom. The molecular formula is C15H26N4O6. The van der Waals surface area contributed by atoms with Gasteiger partial charge in [0.1, 0.15) is 12.1 Å². The first-order valence-electron chi connectivity index (χ1n) is 8.14. The minimum absolute atomic E-state index is 0.321. The second-order valence-electron chi connectivity index (χ2n) is 6.27. The fourth-order valence-electron chi connectivity index (χ4n) is 2.60. The molecule has 5 atom stereocenters. The number of nitrogens with one attached hydrogen (secondary N) is 2. The van der Waals surface area contributed by atoms with E-state index >= 15 is 0 Å². The highest BCUT2D eigenvalue weighted by atomic mass is 16.4. The molecule has 0 saturated carbocycles. The van der Waals surface area contributed by atoms with Crippen molar-refractivity contribution in [2.75, 3.05) is 6.54 Å². The maximum atomic E-state index is 12.5. The SMILES string of the molecule is CC(N)C(=O)NC(C)C(=O)N1CCCC1C(=O)NC(C(=O)O)C(C)O. The number of carboxylic acid groups (broad SMARTS) is 1. The molecule has 0 radical (unpaired) electrons. The van der Waals surface area contributed by atoms with Gasteiger partial charge in [0.2, 0.25) is 17.7 Å². The first-order valence-corrected chi connectivity index (χ1v) is 8.14. The Morgan fingerprint density at radius 2 is 1.76 bits per heavy atom. The number of likely N-dealkylation sites (tertiary alicyclic amines) is 1. The molecule has 1 heterocycles. The molecule has 10 heteroatoms. The molecule has 5 unspecified atom stereocenters. The number of carbonyl (C=O) groups is 4. The topological polar surface area (TPSA) is 162 Å². The predicted molar refractivity (Wildman–Crippen MR) is 87.2 cm³/mol. The van der Waals surface area contributed by atoms with E-state index < -0.39 is 54.0 Å². The average molecular weight is 358 g/mol. The molecule has 0 spiro atoms. The van der Waals surface area contributed by atoms with Gasteiger partial charge < -0.3 is 31.5 Å². The van der Waals surface area contributed by atoms with Crippen molar-refractivity contribution in [2.24, 2.45) is 5.73 Å². The van der Waals surface area contributed by atoms with Gasteiger partial charge >= 0.3 is 5.97 Å². The molecule has 1 rings (SSSR count). The number of nitrogens with two attached hydrogens (primary N) is 1. The summed E-state index contributed by atoms with van der Waals surface area (Å²) in [4.78, 5) is 48.8. The summed E-state index contributed by atoms with van der Waals surface area (Å²) in [6, 6.07) is -3.93. The van der Waals surface area contributed by atoms with Gasteiger partial charge in [-0.1, -0.05) is 0 Å². The van der Waals surface area contributed by atoms with Gasteiger partial charge in [0.15, 0.2) is 6.04 Å². The van der Waals surface area contributed by atoms with Crippen LogP contribution in [0.2, 0.25) is 0 Å². The Hall–Kier alpha value is -2.20. The molecule has 1 aliphatic heterocycles. The Balaban J connectivity index is 2.77. The van der Waals surface area contributed by atoms with Crippen LogP contribution in [0.3, 0.4) is 0 Å². The van der Waals surface area contributed by atoms with Crippen LogP contribution in [0, 0.1) is 0 Å². The molecule has 25 heavy (non-hydrogen) atoms. The first-order chi connectivity index (χ1) is 11.6. The van der Waals surface area contributed by atoms with Gasteiger partial charge in [0.25, 0.3) is 0 Å². The third kappa shape index (κ3) is 5.40. The van der Waals surface area contributed by atoms with Crippen molar-refractivity contribution in [2.45, 2.75) is 63.9 Å². The lowest BCUT2D eigenvalue weighted by molar-refractivity contribution is -0.147. The molecule has 0 bridgehead atoms. The van der Waals surface area contributed by atoms with E-state index in [2.05, 4.69) is 10.6 Å². The lowest BCUT2D eigenvalue weighted by Gasteiger charge is -2.28. The summed E-state index contributed by atoms with van der Waals surface area (Å²) < 4.78 is 0. The van der Waals surface area contributed by atoms with Crippen LogP contribution in [-0.2, 0) is 19.2 Å². The van der Waals surface area contributed by atoms with Crippen LogP contribution in [0.5, 0.6) is 0 Å². The van der Waals surface area contributed by atoms with E-state index in [4.69, 9.17) is 10.8 Å². The number of aliphatic hydroxyl groups excluding tert-OH is 1. The van der Waals surface area contributed by atoms with Crippen LogP contribution in [0.4, 0.5) is 0 Å². The largest absolute Gasteiger partial charge is 0.480 e. The number of nitrogens with zero attached hydrogens (tertiary/aromatic N) is 1. The maximum Gasteiger partial charge on any atom is 0.328 e. The molecule has 1 aliphatic rings. The van der Waals surface area contributed by atoms with Crippen molar-refractivity contribution in [3.05, 3.63) is 0 Å². The average Bonchev–Trinajstić information content (AvgIpc) is 3.00. The highest BCUT2D eigenvalue weighted by Gasteiger charge is 2.38. The minimum Gasteiger partial charge on any atom is -0.480 e.